The molecule has 1 fully saturated rings. The van der Waals surface area contributed by atoms with E-state index < -0.39 is 0 Å². The van der Waals surface area contributed by atoms with Crippen LogP contribution in [0.1, 0.15) is 34.5 Å². The first-order chi connectivity index (χ1) is 9.70. The Labute approximate surface area is 117 Å². The molecular formula is C15H18N4O. The van der Waals surface area contributed by atoms with Crippen molar-refractivity contribution in [3.05, 3.63) is 47.3 Å². The number of aryl methyl sites for hydroxylation is 1. The monoisotopic (exact) mass is 270 g/mol. The van der Waals surface area contributed by atoms with Gasteiger partial charge in [0.1, 0.15) is 0 Å². The predicted octanol–water partition coefficient (Wildman–Crippen LogP) is 1.99. The van der Waals surface area contributed by atoms with Gasteiger partial charge in [-0.1, -0.05) is 12.1 Å². The van der Waals surface area contributed by atoms with E-state index in [2.05, 4.69) is 10.2 Å². The molecule has 0 saturated heterocycles. The van der Waals surface area contributed by atoms with Crippen molar-refractivity contribution in [2.45, 2.75) is 32.4 Å². The fourth-order valence-corrected chi connectivity index (χ4v) is 2.32. The summed E-state index contributed by atoms with van der Waals surface area (Å²) in [5, 5.41) is 6.76. The van der Waals surface area contributed by atoms with Crippen molar-refractivity contribution in [3.8, 4) is 0 Å². The lowest BCUT2D eigenvalue weighted by Crippen LogP contribution is -2.33. The molecule has 104 valence electrons. The topological polar surface area (TPSA) is 75.0 Å². The molecule has 1 aliphatic carbocycles. The number of nitrogens with one attached hydrogen (secondary N) is 1. The van der Waals surface area contributed by atoms with E-state index in [1.165, 1.54) is 0 Å². The van der Waals surface area contributed by atoms with Gasteiger partial charge < -0.3 is 10.6 Å². The van der Waals surface area contributed by atoms with Gasteiger partial charge >= 0.3 is 0 Å². The number of hydrogen-bond acceptors (Lipinski definition) is 3. The van der Waals surface area contributed by atoms with E-state index in [1.807, 2.05) is 36.1 Å². The maximum atomic E-state index is 12.7. The van der Waals surface area contributed by atoms with Crippen molar-refractivity contribution in [2.75, 3.05) is 4.90 Å². The number of carbonyl (C=O) groups excluding carboxylic acids is 1. The fourth-order valence-electron chi connectivity index (χ4n) is 2.32. The molecule has 0 aliphatic heterocycles. The summed E-state index contributed by atoms with van der Waals surface area (Å²) in [7, 11) is 0. The number of H-pyrrole nitrogens is 1. The Hall–Kier alpha value is -2.14. The van der Waals surface area contributed by atoms with Gasteiger partial charge in [0.15, 0.2) is 0 Å². The Morgan fingerprint density at radius 1 is 1.40 bits per heavy atom. The number of benzene rings is 1. The van der Waals surface area contributed by atoms with Crippen LogP contribution in [0.4, 0.5) is 5.69 Å². The minimum Gasteiger partial charge on any atom is -0.326 e. The second-order valence-corrected chi connectivity index (χ2v) is 5.19. The van der Waals surface area contributed by atoms with Crippen molar-refractivity contribution in [3.63, 3.8) is 0 Å². The molecule has 0 spiro atoms. The van der Waals surface area contributed by atoms with E-state index >= 15 is 0 Å². The summed E-state index contributed by atoms with van der Waals surface area (Å²) in [5.41, 5.74) is 9.05. The number of amides is 1. The van der Waals surface area contributed by atoms with Gasteiger partial charge in [0.25, 0.3) is 5.91 Å². The summed E-state index contributed by atoms with van der Waals surface area (Å²) >= 11 is 0. The SMILES string of the molecule is Cc1[nH]ncc1C(=O)N(c1ccc(CN)cc1)C1CC1. The zero-order chi connectivity index (χ0) is 14.1. The molecule has 2 aromatic rings. The Morgan fingerprint density at radius 3 is 2.60 bits per heavy atom. The molecule has 3 N–H and O–H groups in total. The highest BCUT2D eigenvalue weighted by Gasteiger charge is 2.35. The third-order valence-corrected chi connectivity index (χ3v) is 3.64. The molecule has 0 radical (unpaired) electrons. The number of carbonyl (C=O) groups is 1. The largest absolute Gasteiger partial charge is 0.326 e. The highest BCUT2D eigenvalue weighted by Crippen LogP contribution is 2.33. The number of aromatic nitrogens is 2. The van der Waals surface area contributed by atoms with Gasteiger partial charge in [-0.2, -0.15) is 5.10 Å². The standard InChI is InChI=1S/C15H18N4O/c1-10-14(9-17-18-10)15(20)19(13-6-7-13)12-4-2-11(8-16)3-5-12/h2-5,9,13H,6-8,16H2,1H3,(H,17,18). The third-order valence-electron chi connectivity index (χ3n) is 3.64. The molecule has 0 unspecified atom stereocenters. The second-order valence-electron chi connectivity index (χ2n) is 5.19. The number of nitrogens with two attached hydrogens (primary N) is 1. The zero-order valence-corrected chi connectivity index (χ0v) is 11.5. The van der Waals surface area contributed by atoms with E-state index in [0.29, 0.717) is 18.2 Å². The molecule has 1 aromatic carbocycles. The van der Waals surface area contributed by atoms with Crippen LogP contribution in [0.25, 0.3) is 0 Å². The number of hydrogen-bond donors (Lipinski definition) is 2. The Morgan fingerprint density at radius 2 is 2.10 bits per heavy atom. The first-order valence-electron chi connectivity index (χ1n) is 6.83. The molecule has 5 heteroatoms. The quantitative estimate of drug-likeness (QED) is 0.892. The summed E-state index contributed by atoms with van der Waals surface area (Å²) in [6, 6.07) is 8.18. The Kier molecular flexibility index (Phi) is 3.28. The summed E-state index contributed by atoms with van der Waals surface area (Å²) in [6.45, 7) is 2.38. The van der Waals surface area contributed by atoms with Crippen LogP contribution < -0.4 is 10.6 Å². The molecule has 1 aromatic heterocycles. The summed E-state index contributed by atoms with van der Waals surface area (Å²) in [4.78, 5) is 14.6. The van der Waals surface area contributed by atoms with Crippen molar-refractivity contribution in [1.29, 1.82) is 0 Å². The molecule has 1 heterocycles. The number of aromatic amines is 1. The lowest BCUT2D eigenvalue weighted by atomic mass is 10.1. The van der Waals surface area contributed by atoms with Crippen LogP contribution in [-0.4, -0.2) is 22.1 Å². The fraction of sp³-hybridized carbons (Fsp3) is 0.333. The number of anilines is 1. The van der Waals surface area contributed by atoms with Crippen LogP contribution in [0.15, 0.2) is 30.5 Å². The van der Waals surface area contributed by atoms with Crippen molar-refractivity contribution in [2.24, 2.45) is 5.73 Å². The number of rotatable bonds is 4. The van der Waals surface area contributed by atoms with Gasteiger partial charge in [-0.15, -0.1) is 0 Å². The second kappa shape index (κ2) is 5.09. The van der Waals surface area contributed by atoms with Gasteiger partial charge in [-0.05, 0) is 37.5 Å². The highest BCUT2D eigenvalue weighted by atomic mass is 16.2. The lowest BCUT2D eigenvalue weighted by Gasteiger charge is -2.22. The van der Waals surface area contributed by atoms with E-state index in [9.17, 15) is 4.79 Å². The minimum atomic E-state index is 0.0132. The molecule has 3 rings (SSSR count). The summed E-state index contributed by atoms with van der Waals surface area (Å²) < 4.78 is 0. The first kappa shape index (κ1) is 12.9. The molecule has 1 amide bonds. The highest BCUT2D eigenvalue weighted by molar-refractivity contribution is 6.07. The van der Waals surface area contributed by atoms with Gasteiger partial charge in [0, 0.05) is 24.0 Å². The Balaban J connectivity index is 1.92. The van der Waals surface area contributed by atoms with Crippen LogP contribution in [0.5, 0.6) is 0 Å². The maximum Gasteiger partial charge on any atom is 0.261 e. The molecular weight excluding hydrogens is 252 g/mol. The average Bonchev–Trinajstić information content (AvgIpc) is 3.20. The van der Waals surface area contributed by atoms with Gasteiger partial charge in [-0.25, -0.2) is 0 Å². The van der Waals surface area contributed by atoms with E-state index in [-0.39, 0.29) is 5.91 Å². The van der Waals surface area contributed by atoms with Crippen LogP contribution in [-0.2, 0) is 6.54 Å². The Bertz CT molecular complexity index is 613. The molecule has 0 bridgehead atoms. The predicted molar refractivity (Wildman–Crippen MR) is 77.5 cm³/mol. The molecule has 5 nitrogen and oxygen atoms in total. The van der Waals surface area contributed by atoms with Gasteiger partial charge in [0.05, 0.1) is 11.8 Å². The first-order valence-corrected chi connectivity index (χ1v) is 6.83. The van der Waals surface area contributed by atoms with Crippen LogP contribution in [0, 0.1) is 6.92 Å². The molecule has 1 saturated carbocycles. The zero-order valence-electron chi connectivity index (χ0n) is 11.5. The van der Waals surface area contributed by atoms with E-state index in [1.54, 1.807) is 6.20 Å². The van der Waals surface area contributed by atoms with Crippen LogP contribution in [0.2, 0.25) is 0 Å². The van der Waals surface area contributed by atoms with Gasteiger partial charge in [-0.3, -0.25) is 9.89 Å². The smallest absolute Gasteiger partial charge is 0.261 e. The molecule has 0 atom stereocenters. The van der Waals surface area contributed by atoms with Crippen LogP contribution in [0.3, 0.4) is 0 Å². The van der Waals surface area contributed by atoms with E-state index in [0.717, 1.165) is 29.8 Å². The molecule has 20 heavy (non-hydrogen) atoms. The van der Waals surface area contributed by atoms with Crippen LogP contribution >= 0.6 is 0 Å². The maximum absolute atomic E-state index is 12.7. The number of nitrogens with zero attached hydrogens (tertiary/aromatic N) is 2. The van der Waals surface area contributed by atoms with Gasteiger partial charge in [0.2, 0.25) is 0 Å². The van der Waals surface area contributed by atoms with Crippen molar-refractivity contribution >= 4 is 11.6 Å². The summed E-state index contributed by atoms with van der Waals surface area (Å²) in [6.07, 6.45) is 3.71. The average molecular weight is 270 g/mol. The van der Waals surface area contributed by atoms with E-state index in [4.69, 9.17) is 5.73 Å². The lowest BCUT2D eigenvalue weighted by molar-refractivity contribution is 0.0985. The van der Waals surface area contributed by atoms with Crippen molar-refractivity contribution in [1.82, 2.24) is 10.2 Å². The van der Waals surface area contributed by atoms with Crippen molar-refractivity contribution < 1.29 is 4.79 Å². The molecule has 1 aliphatic rings. The summed E-state index contributed by atoms with van der Waals surface area (Å²) in [5.74, 6) is 0.0132. The normalized spacial score (nSPS) is 14.3. The third kappa shape index (κ3) is 2.32. The minimum absolute atomic E-state index is 0.0132.